The van der Waals surface area contributed by atoms with Gasteiger partial charge in [-0.1, -0.05) is 11.6 Å². The molecular weight excluding hydrogens is 282 g/mol. The van der Waals surface area contributed by atoms with Crippen LogP contribution in [0, 0.1) is 0 Å². The number of nitrogens with zero attached hydrogens (tertiary/aromatic N) is 1. The molecule has 0 saturated carbocycles. The molecule has 0 bridgehead atoms. The Balaban J connectivity index is 2.21. The van der Waals surface area contributed by atoms with Crippen LogP contribution < -0.4 is 0 Å². The topological polar surface area (TPSA) is 40.5 Å². The summed E-state index contributed by atoms with van der Waals surface area (Å²) >= 11 is 7.62. The molecule has 1 amide bonds. The summed E-state index contributed by atoms with van der Waals surface area (Å²) in [5, 5.41) is 12.7. The van der Waals surface area contributed by atoms with Crippen molar-refractivity contribution in [3.05, 3.63) is 34.2 Å². The number of benzene rings is 1. The molecule has 102 valence electrons. The van der Waals surface area contributed by atoms with Crippen LogP contribution in [0.2, 0.25) is 5.02 Å². The van der Waals surface area contributed by atoms with Crippen molar-refractivity contribution in [2.75, 3.05) is 19.7 Å². The van der Waals surface area contributed by atoms with E-state index in [1.807, 2.05) is 30.5 Å². The average molecular weight is 298 g/mol. The molecule has 3 nitrogen and oxygen atoms in total. The summed E-state index contributed by atoms with van der Waals surface area (Å²) in [5.41, 5.74) is 1.00. The zero-order valence-electron chi connectivity index (χ0n) is 10.7. The molecule has 0 saturated heterocycles. The summed E-state index contributed by atoms with van der Waals surface area (Å²) in [6.45, 7) is 2.91. The van der Waals surface area contributed by atoms with Gasteiger partial charge >= 0.3 is 0 Å². The van der Waals surface area contributed by atoms with Gasteiger partial charge in [-0.25, -0.2) is 0 Å². The quantitative estimate of drug-likeness (QED) is 0.922. The highest BCUT2D eigenvalue weighted by atomic mass is 35.5. The summed E-state index contributed by atoms with van der Waals surface area (Å²) < 4.78 is 1.14. The van der Waals surface area contributed by atoms with E-state index in [9.17, 15) is 4.79 Å². The van der Waals surface area contributed by atoms with Gasteiger partial charge in [-0.15, -0.1) is 11.3 Å². The molecule has 1 aromatic carbocycles. The highest BCUT2D eigenvalue weighted by molar-refractivity contribution is 7.17. The first-order valence-corrected chi connectivity index (χ1v) is 7.45. The fourth-order valence-corrected chi connectivity index (χ4v) is 3.16. The number of hydrogen-bond donors (Lipinski definition) is 1. The number of fused-ring (bicyclic) bond motifs is 1. The smallest absolute Gasteiger partial charge is 0.227 e. The zero-order valence-corrected chi connectivity index (χ0v) is 12.3. The second-order valence-electron chi connectivity index (χ2n) is 4.28. The summed E-state index contributed by atoms with van der Waals surface area (Å²) in [4.78, 5) is 13.8. The lowest BCUT2D eigenvalue weighted by Crippen LogP contribution is -2.34. The standard InChI is InChI=1S/C14H16ClNO2S/c1-2-16(5-6-17)14(18)7-10-9-19-13-4-3-11(15)8-12(10)13/h3-4,8-9,17H,2,5-7H2,1H3. The Hall–Kier alpha value is -1.10. The van der Waals surface area contributed by atoms with E-state index in [2.05, 4.69) is 0 Å². The summed E-state index contributed by atoms with van der Waals surface area (Å²) in [6.07, 6.45) is 0.355. The number of halogens is 1. The Bertz CT molecular complexity index is 582. The summed E-state index contributed by atoms with van der Waals surface area (Å²) in [5.74, 6) is 0.0382. The van der Waals surface area contributed by atoms with E-state index in [4.69, 9.17) is 16.7 Å². The van der Waals surface area contributed by atoms with Crippen LogP contribution >= 0.6 is 22.9 Å². The molecule has 1 heterocycles. The van der Waals surface area contributed by atoms with Crippen molar-refractivity contribution in [1.29, 1.82) is 0 Å². The number of aliphatic hydroxyl groups is 1. The van der Waals surface area contributed by atoms with Gasteiger partial charge in [0.05, 0.1) is 13.0 Å². The zero-order chi connectivity index (χ0) is 13.8. The number of carbonyl (C=O) groups excluding carboxylic acids is 1. The number of carbonyl (C=O) groups is 1. The van der Waals surface area contributed by atoms with Crippen LogP contribution in [-0.2, 0) is 11.2 Å². The number of likely N-dealkylation sites (N-methyl/N-ethyl adjacent to an activating group) is 1. The van der Waals surface area contributed by atoms with Crippen molar-refractivity contribution < 1.29 is 9.90 Å². The largest absolute Gasteiger partial charge is 0.395 e. The van der Waals surface area contributed by atoms with Crippen molar-refractivity contribution in [3.63, 3.8) is 0 Å². The van der Waals surface area contributed by atoms with Crippen LogP contribution in [0.25, 0.3) is 10.1 Å². The van der Waals surface area contributed by atoms with E-state index in [0.717, 1.165) is 15.6 Å². The molecule has 0 unspecified atom stereocenters. The molecule has 1 aromatic heterocycles. The number of amides is 1. The van der Waals surface area contributed by atoms with E-state index in [-0.39, 0.29) is 12.5 Å². The van der Waals surface area contributed by atoms with Gasteiger partial charge < -0.3 is 10.0 Å². The monoisotopic (exact) mass is 297 g/mol. The lowest BCUT2D eigenvalue weighted by Gasteiger charge is -2.19. The van der Waals surface area contributed by atoms with E-state index in [1.165, 1.54) is 0 Å². The first kappa shape index (κ1) is 14.3. The van der Waals surface area contributed by atoms with Gasteiger partial charge in [0.15, 0.2) is 0 Å². The maximum atomic E-state index is 12.1. The van der Waals surface area contributed by atoms with Crippen LogP contribution in [0.4, 0.5) is 0 Å². The number of hydrogen-bond acceptors (Lipinski definition) is 3. The van der Waals surface area contributed by atoms with Crippen molar-refractivity contribution in [3.8, 4) is 0 Å². The van der Waals surface area contributed by atoms with Crippen molar-refractivity contribution >= 4 is 38.9 Å². The van der Waals surface area contributed by atoms with Gasteiger partial charge in [-0.3, -0.25) is 4.79 Å². The Kier molecular flexibility index (Phi) is 4.80. The van der Waals surface area contributed by atoms with Crippen molar-refractivity contribution in [2.24, 2.45) is 0 Å². The first-order chi connectivity index (χ1) is 9.15. The average Bonchev–Trinajstić information content (AvgIpc) is 2.78. The molecule has 0 atom stereocenters. The molecule has 5 heteroatoms. The summed E-state index contributed by atoms with van der Waals surface area (Å²) in [7, 11) is 0. The van der Waals surface area contributed by atoms with Crippen LogP contribution in [0.5, 0.6) is 0 Å². The highest BCUT2D eigenvalue weighted by Gasteiger charge is 2.14. The van der Waals surface area contributed by atoms with E-state index >= 15 is 0 Å². The lowest BCUT2D eigenvalue weighted by molar-refractivity contribution is -0.130. The van der Waals surface area contributed by atoms with E-state index < -0.39 is 0 Å². The molecule has 2 rings (SSSR count). The van der Waals surface area contributed by atoms with E-state index in [0.29, 0.717) is 24.5 Å². The van der Waals surface area contributed by atoms with E-state index in [1.54, 1.807) is 16.2 Å². The van der Waals surface area contributed by atoms with Gasteiger partial charge in [0.1, 0.15) is 0 Å². The fraction of sp³-hybridized carbons (Fsp3) is 0.357. The molecule has 0 aliphatic carbocycles. The van der Waals surface area contributed by atoms with Crippen molar-refractivity contribution in [1.82, 2.24) is 4.90 Å². The minimum Gasteiger partial charge on any atom is -0.395 e. The van der Waals surface area contributed by atoms with Gasteiger partial charge in [-0.05, 0) is 41.5 Å². The van der Waals surface area contributed by atoms with Crippen molar-refractivity contribution in [2.45, 2.75) is 13.3 Å². The Morgan fingerprint density at radius 3 is 2.95 bits per heavy atom. The SMILES string of the molecule is CCN(CCO)C(=O)Cc1csc2ccc(Cl)cc12. The normalized spacial score (nSPS) is 10.9. The molecule has 0 radical (unpaired) electrons. The molecule has 1 N–H and O–H groups in total. The molecule has 0 aliphatic heterocycles. The second kappa shape index (κ2) is 6.37. The lowest BCUT2D eigenvalue weighted by atomic mass is 10.1. The molecule has 2 aromatic rings. The maximum Gasteiger partial charge on any atom is 0.227 e. The van der Waals surface area contributed by atoms with Crippen LogP contribution in [0.3, 0.4) is 0 Å². The third kappa shape index (κ3) is 3.26. The molecule has 0 fully saturated rings. The number of aliphatic hydroxyl groups excluding tert-OH is 1. The number of rotatable bonds is 5. The fourth-order valence-electron chi connectivity index (χ4n) is 2.05. The first-order valence-electron chi connectivity index (χ1n) is 6.20. The molecular formula is C14H16ClNO2S. The molecule has 0 spiro atoms. The predicted molar refractivity (Wildman–Crippen MR) is 79.9 cm³/mol. The van der Waals surface area contributed by atoms with Crippen LogP contribution in [0.15, 0.2) is 23.6 Å². The third-order valence-electron chi connectivity index (χ3n) is 3.06. The molecule has 0 aliphatic rings. The molecule has 19 heavy (non-hydrogen) atoms. The van der Waals surface area contributed by atoms with Crippen LogP contribution in [-0.4, -0.2) is 35.6 Å². The maximum absolute atomic E-state index is 12.1. The minimum absolute atomic E-state index is 0.00417. The second-order valence-corrected chi connectivity index (χ2v) is 5.62. The third-order valence-corrected chi connectivity index (χ3v) is 4.31. The highest BCUT2D eigenvalue weighted by Crippen LogP contribution is 2.29. The minimum atomic E-state index is -0.00417. The Morgan fingerprint density at radius 1 is 1.47 bits per heavy atom. The van der Waals surface area contributed by atoms with Crippen LogP contribution in [0.1, 0.15) is 12.5 Å². The number of thiophene rings is 1. The van der Waals surface area contributed by atoms with Gasteiger partial charge in [0.2, 0.25) is 5.91 Å². The summed E-state index contributed by atoms with van der Waals surface area (Å²) in [6, 6.07) is 5.73. The van der Waals surface area contributed by atoms with Gasteiger partial charge in [-0.2, -0.15) is 0 Å². The Labute approximate surface area is 121 Å². The Morgan fingerprint density at radius 2 is 2.26 bits per heavy atom. The van der Waals surface area contributed by atoms with Gasteiger partial charge in [0, 0.05) is 22.8 Å². The predicted octanol–water partition coefficient (Wildman–Crippen LogP) is 2.94. The van der Waals surface area contributed by atoms with Gasteiger partial charge in [0.25, 0.3) is 0 Å².